The van der Waals surface area contributed by atoms with Crippen LogP contribution in [0.1, 0.15) is 32.0 Å². The molecular formula is C18H22N6S2. The molecule has 1 aliphatic rings. The maximum atomic E-state index is 4.30. The molecule has 3 aromatic rings. The molecule has 0 saturated heterocycles. The molecule has 0 aliphatic carbocycles. The van der Waals surface area contributed by atoms with E-state index in [1.807, 2.05) is 13.8 Å². The summed E-state index contributed by atoms with van der Waals surface area (Å²) in [7, 11) is 2.14. The van der Waals surface area contributed by atoms with Gasteiger partial charge in [0.05, 0.1) is 13.1 Å². The molecule has 0 amide bonds. The molecule has 1 aliphatic heterocycles. The zero-order chi connectivity index (χ0) is 18.1. The fourth-order valence-electron chi connectivity index (χ4n) is 3.46. The Morgan fingerprint density at radius 1 is 1.04 bits per heavy atom. The highest BCUT2D eigenvalue weighted by atomic mass is 32.1. The van der Waals surface area contributed by atoms with Gasteiger partial charge in [-0.3, -0.25) is 0 Å². The third kappa shape index (κ3) is 3.57. The van der Waals surface area contributed by atoms with Gasteiger partial charge in [0, 0.05) is 25.0 Å². The Bertz CT molecular complexity index is 888. The molecule has 0 atom stereocenters. The molecule has 26 heavy (non-hydrogen) atoms. The summed E-state index contributed by atoms with van der Waals surface area (Å²) in [4.78, 5) is 4.72. The van der Waals surface area contributed by atoms with Crippen LogP contribution in [0.15, 0.2) is 18.2 Å². The number of fused-ring (bicyclic) bond motifs is 1. The molecule has 3 heterocycles. The molecule has 136 valence electrons. The van der Waals surface area contributed by atoms with E-state index in [-0.39, 0.29) is 0 Å². The van der Waals surface area contributed by atoms with Crippen molar-refractivity contribution in [3.05, 3.63) is 43.8 Å². The number of aromatic nitrogens is 4. The van der Waals surface area contributed by atoms with Gasteiger partial charge in [0.25, 0.3) is 0 Å². The van der Waals surface area contributed by atoms with E-state index < -0.39 is 0 Å². The molecule has 0 fully saturated rings. The largest absolute Gasteiger partial charge is 0.367 e. The van der Waals surface area contributed by atoms with Crippen LogP contribution in [0, 0.1) is 13.8 Å². The maximum Gasteiger partial charge on any atom is 0.136 e. The van der Waals surface area contributed by atoms with Crippen molar-refractivity contribution in [1.29, 1.82) is 0 Å². The van der Waals surface area contributed by atoms with E-state index in [4.69, 9.17) is 0 Å². The molecule has 0 N–H and O–H groups in total. The van der Waals surface area contributed by atoms with E-state index in [1.54, 1.807) is 22.7 Å². The van der Waals surface area contributed by atoms with Crippen molar-refractivity contribution in [3.8, 4) is 0 Å². The van der Waals surface area contributed by atoms with Crippen molar-refractivity contribution in [3.63, 3.8) is 0 Å². The summed E-state index contributed by atoms with van der Waals surface area (Å²) in [6, 6.07) is 6.60. The molecule has 2 aromatic heterocycles. The van der Waals surface area contributed by atoms with Crippen molar-refractivity contribution < 1.29 is 0 Å². The van der Waals surface area contributed by atoms with Crippen LogP contribution in [-0.4, -0.2) is 34.0 Å². The normalized spacial score (nSPS) is 13.7. The molecule has 8 heteroatoms. The topological polar surface area (TPSA) is 58.0 Å². The van der Waals surface area contributed by atoms with E-state index in [1.165, 1.54) is 16.9 Å². The Kier molecular flexibility index (Phi) is 4.86. The van der Waals surface area contributed by atoms with E-state index in [2.05, 4.69) is 55.4 Å². The number of hydrogen-bond acceptors (Lipinski definition) is 8. The fraction of sp³-hybridized carbons (Fsp3) is 0.444. The van der Waals surface area contributed by atoms with Gasteiger partial charge in [0.1, 0.15) is 20.0 Å². The van der Waals surface area contributed by atoms with Gasteiger partial charge in [0.2, 0.25) is 0 Å². The lowest BCUT2D eigenvalue weighted by molar-refractivity contribution is 0.683. The molecular weight excluding hydrogens is 364 g/mol. The summed E-state index contributed by atoms with van der Waals surface area (Å²) in [6.07, 6.45) is 2.27. The fourth-order valence-corrected chi connectivity index (χ4v) is 4.95. The first-order chi connectivity index (χ1) is 12.6. The molecule has 0 unspecified atom stereocenters. The monoisotopic (exact) mass is 386 g/mol. The molecule has 4 rings (SSSR count). The number of rotatable bonds is 5. The Balaban J connectivity index is 1.59. The lowest BCUT2D eigenvalue weighted by atomic mass is 9.99. The van der Waals surface area contributed by atoms with Crippen LogP contribution in [0.25, 0.3) is 0 Å². The number of nitrogens with zero attached hydrogens (tertiary/aromatic N) is 6. The quantitative estimate of drug-likeness (QED) is 0.668. The van der Waals surface area contributed by atoms with Crippen molar-refractivity contribution in [2.75, 3.05) is 23.4 Å². The first-order valence-electron chi connectivity index (χ1n) is 8.76. The first-order valence-corrected chi connectivity index (χ1v) is 10.4. The maximum absolute atomic E-state index is 4.30. The Labute approximate surface area is 161 Å². The molecule has 0 bridgehead atoms. The number of aryl methyl sites for hydroxylation is 2. The van der Waals surface area contributed by atoms with Crippen LogP contribution in [0.5, 0.6) is 0 Å². The second kappa shape index (κ2) is 7.28. The average molecular weight is 387 g/mol. The van der Waals surface area contributed by atoms with Gasteiger partial charge in [-0.15, -0.1) is 20.4 Å². The van der Waals surface area contributed by atoms with Crippen LogP contribution in [0.2, 0.25) is 0 Å². The third-order valence-electron chi connectivity index (χ3n) is 4.57. The standard InChI is InChI=1S/C18H22N6S2/c1-12-19-21-17(25-12)10-23(3)15-7-4-8-16-14(15)6-5-9-24(16)11-18-22-20-13(2)26-18/h4,7-8H,5-6,9-11H2,1-3H3. The smallest absolute Gasteiger partial charge is 0.136 e. The summed E-state index contributed by atoms with van der Waals surface area (Å²) in [6.45, 7) is 6.69. The number of anilines is 2. The van der Waals surface area contributed by atoms with E-state index in [9.17, 15) is 0 Å². The molecule has 0 saturated carbocycles. The minimum absolute atomic E-state index is 0.789. The van der Waals surface area contributed by atoms with Crippen molar-refractivity contribution in [1.82, 2.24) is 20.4 Å². The highest BCUT2D eigenvalue weighted by Crippen LogP contribution is 2.36. The van der Waals surface area contributed by atoms with Crippen LogP contribution in [-0.2, 0) is 19.5 Å². The minimum atomic E-state index is 0.789. The zero-order valence-corrected chi connectivity index (χ0v) is 16.9. The van der Waals surface area contributed by atoms with E-state index >= 15 is 0 Å². The Morgan fingerprint density at radius 2 is 1.77 bits per heavy atom. The predicted molar refractivity (Wildman–Crippen MR) is 107 cm³/mol. The lowest BCUT2D eigenvalue weighted by Crippen LogP contribution is -2.30. The highest BCUT2D eigenvalue weighted by Gasteiger charge is 2.22. The summed E-state index contributed by atoms with van der Waals surface area (Å²) in [5.41, 5.74) is 4.03. The number of benzene rings is 1. The van der Waals surface area contributed by atoms with Gasteiger partial charge in [-0.05, 0) is 44.4 Å². The summed E-state index contributed by atoms with van der Waals surface area (Å²) in [5.74, 6) is 0. The summed E-state index contributed by atoms with van der Waals surface area (Å²) in [5, 5.41) is 21.0. The van der Waals surface area contributed by atoms with E-state index in [0.717, 1.165) is 52.5 Å². The SMILES string of the molecule is Cc1nnc(CN(C)c2cccc3c2CCCN3Cc2nnc(C)s2)s1. The second-order valence-electron chi connectivity index (χ2n) is 6.59. The van der Waals surface area contributed by atoms with Crippen LogP contribution >= 0.6 is 22.7 Å². The zero-order valence-electron chi connectivity index (χ0n) is 15.3. The van der Waals surface area contributed by atoms with Crippen molar-refractivity contribution in [2.45, 2.75) is 39.8 Å². The van der Waals surface area contributed by atoms with Gasteiger partial charge in [0.15, 0.2) is 0 Å². The lowest BCUT2D eigenvalue weighted by Gasteiger charge is -2.33. The molecule has 6 nitrogen and oxygen atoms in total. The van der Waals surface area contributed by atoms with Gasteiger partial charge in [-0.2, -0.15) is 0 Å². The second-order valence-corrected chi connectivity index (χ2v) is 9.12. The molecule has 0 radical (unpaired) electrons. The van der Waals surface area contributed by atoms with Crippen LogP contribution in [0.3, 0.4) is 0 Å². The Morgan fingerprint density at radius 3 is 2.46 bits per heavy atom. The molecule has 0 spiro atoms. The first kappa shape index (κ1) is 17.4. The van der Waals surface area contributed by atoms with Crippen molar-refractivity contribution >= 4 is 34.0 Å². The average Bonchev–Trinajstić information content (AvgIpc) is 3.22. The predicted octanol–water partition coefficient (Wildman–Crippen LogP) is 3.60. The van der Waals surface area contributed by atoms with Gasteiger partial charge in [-0.1, -0.05) is 28.7 Å². The summed E-state index contributed by atoms with van der Waals surface area (Å²) < 4.78 is 0. The molecule has 1 aromatic carbocycles. The van der Waals surface area contributed by atoms with Gasteiger partial charge >= 0.3 is 0 Å². The third-order valence-corrected chi connectivity index (χ3v) is 6.21. The van der Waals surface area contributed by atoms with Gasteiger partial charge in [-0.25, -0.2) is 0 Å². The highest BCUT2D eigenvalue weighted by molar-refractivity contribution is 7.11. The summed E-state index contributed by atoms with van der Waals surface area (Å²) >= 11 is 3.35. The van der Waals surface area contributed by atoms with Gasteiger partial charge < -0.3 is 9.80 Å². The number of hydrogen-bond donors (Lipinski definition) is 0. The minimum Gasteiger partial charge on any atom is -0.367 e. The van der Waals surface area contributed by atoms with Crippen LogP contribution < -0.4 is 9.80 Å². The van der Waals surface area contributed by atoms with E-state index in [0.29, 0.717) is 0 Å². The van der Waals surface area contributed by atoms with Crippen LogP contribution in [0.4, 0.5) is 11.4 Å². The van der Waals surface area contributed by atoms with Crippen molar-refractivity contribution in [2.24, 2.45) is 0 Å². The Hall–Kier alpha value is -2.06.